The average Bonchev–Trinajstić information content (AvgIpc) is 3.16. The van der Waals surface area contributed by atoms with Gasteiger partial charge in [0.1, 0.15) is 28.2 Å². The van der Waals surface area contributed by atoms with Gasteiger partial charge in [0, 0.05) is 19.3 Å². The number of benzene rings is 4. The molecular weight excluding hydrogens is 912 g/mol. The number of nitrogens with one attached hydrogen (secondary N) is 3. The van der Waals surface area contributed by atoms with Crippen LogP contribution >= 0.6 is 0 Å². The number of hydrogen-bond acceptors (Lipinski definition) is 14. The van der Waals surface area contributed by atoms with Crippen LogP contribution in [0.5, 0.6) is 0 Å². The van der Waals surface area contributed by atoms with Crippen LogP contribution in [0.2, 0.25) is 0 Å². The number of nitrogens with two attached hydrogens (primary N) is 1. The number of carboxylic acid groups (broad SMARTS) is 1. The van der Waals surface area contributed by atoms with Crippen molar-refractivity contribution in [2.45, 2.75) is 69.4 Å². The summed E-state index contributed by atoms with van der Waals surface area (Å²) in [5.74, 6) is -4.71. The largest absolute Gasteiger partial charge is 1.00 e. The van der Waals surface area contributed by atoms with Crippen molar-refractivity contribution in [3.05, 3.63) is 119 Å². The van der Waals surface area contributed by atoms with E-state index in [1.165, 1.54) is 48.5 Å². The molecule has 4 aromatic rings. The number of carbonyl (C=O) groups excluding carboxylic acids is 3. The second-order valence-corrected chi connectivity index (χ2v) is 19.0. The Kier molecular flexibility index (Phi) is 17.6. The van der Waals surface area contributed by atoms with E-state index in [0.717, 1.165) is 48.5 Å². The summed E-state index contributed by atoms with van der Waals surface area (Å²) in [5.41, 5.74) is 7.02. The van der Waals surface area contributed by atoms with Crippen molar-refractivity contribution in [1.29, 1.82) is 0 Å². The number of amides is 3. The van der Waals surface area contributed by atoms with E-state index in [0.29, 0.717) is 5.56 Å². The van der Waals surface area contributed by atoms with Crippen LogP contribution in [-0.4, -0.2) is 105 Å². The molecule has 4 atom stereocenters. The molecule has 21 nitrogen and oxygen atoms in total. The molecule has 0 heterocycles. The minimum Gasteiger partial charge on any atom is -0.744 e. The van der Waals surface area contributed by atoms with E-state index in [9.17, 15) is 76.2 Å². The van der Waals surface area contributed by atoms with Gasteiger partial charge in [-0.2, -0.15) is 25.3 Å². The van der Waals surface area contributed by atoms with Crippen LogP contribution in [0.1, 0.15) is 22.3 Å². The molecule has 0 aliphatic rings. The Morgan fingerprint density at radius 1 is 0.468 bits per heavy atom. The predicted octanol–water partition coefficient (Wildman–Crippen LogP) is -3.53. The number of aliphatic carboxylic acids is 1. The van der Waals surface area contributed by atoms with E-state index in [2.05, 4.69) is 16.0 Å². The summed E-state index contributed by atoms with van der Waals surface area (Å²) >= 11 is 0. The zero-order valence-corrected chi connectivity index (χ0v) is 37.4. The summed E-state index contributed by atoms with van der Waals surface area (Å²) in [4.78, 5) is 51.6. The first-order valence-corrected chi connectivity index (χ1v) is 23.1. The smallest absolute Gasteiger partial charge is 0.744 e. The summed E-state index contributed by atoms with van der Waals surface area (Å²) in [6.45, 7) is 0. The molecule has 0 bridgehead atoms. The monoisotopic (exact) mass is 948 g/mol. The molecule has 0 radical (unpaired) electrons. The molecule has 0 spiro atoms. The molecule has 0 saturated heterocycles. The van der Waals surface area contributed by atoms with Gasteiger partial charge in [-0.3, -0.25) is 28.0 Å². The molecule has 9 N–H and O–H groups in total. The minimum atomic E-state index is -4.78. The molecule has 62 heavy (non-hydrogen) atoms. The van der Waals surface area contributed by atoms with Gasteiger partial charge in [0.15, 0.2) is 0 Å². The Labute approximate surface area is 377 Å². The van der Waals surface area contributed by atoms with Crippen molar-refractivity contribution < 1.29 is 106 Å². The third-order valence-corrected chi connectivity index (χ3v) is 12.3. The molecule has 0 aromatic heterocycles. The molecule has 0 aliphatic heterocycles. The van der Waals surface area contributed by atoms with Gasteiger partial charge in [-0.05, 0) is 77.2 Å². The molecule has 4 aromatic carbocycles. The van der Waals surface area contributed by atoms with Crippen LogP contribution in [0.3, 0.4) is 0 Å². The van der Waals surface area contributed by atoms with Crippen LogP contribution in [0.15, 0.2) is 117 Å². The van der Waals surface area contributed by atoms with Gasteiger partial charge < -0.3 is 31.3 Å². The standard InChI is InChI=1S/C36H38N4O17S4.Na/c37-29(17-21-1-9-25(10-2-21)58(46,47)48)33(41)38-30(18-22-3-11-26(12-4-22)59(49,50)51)34(42)39-31(19-23-5-13-27(14-6-23)60(52,53)54)35(43)40-32(36(44)45)20-24-7-15-28(16-8-24)61(55,56)57;/h1-16,29-32H,17-20,37H2,(H,38,41)(H,39,42)(H,40,43)(H,44,45)(H,46,47,48)(H,49,50,51)(H,52,53,54)(H,55,56,57);/q;+1/p-1. The Balaban J connectivity index is 0.0000102. The quantitative estimate of drug-likeness (QED) is 0.0333. The molecule has 4 rings (SSSR count). The molecular formula is C36H37N4NaO17S4. The van der Waals surface area contributed by atoms with Crippen LogP contribution in [-0.2, 0) is 85.3 Å². The predicted molar refractivity (Wildman–Crippen MR) is 209 cm³/mol. The van der Waals surface area contributed by atoms with E-state index in [-0.39, 0.29) is 52.7 Å². The van der Waals surface area contributed by atoms with Gasteiger partial charge >= 0.3 is 35.5 Å². The van der Waals surface area contributed by atoms with E-state index < -0.39 is 127 Å². The van der Waals surface area contributed by atoms with E-state index in [1.54, 1.807) is 0 Å². The third-order valence-electron chi connectivity index (χ3n) is 8.87. The Morgan fingerprint density at radius 2 is 0.726 bits per heavy atom. The van der Waals surface area contributed by atoms with Crippen LogP contribution < -0.4 is 51.2 Å². The van der Waals surface area contributed by atoms with E-state index >= 15 is 0 Å². The number of carboxylic acids is 1. The first kappa shape index (κ1) is 51.7. The van der Waals surface area contributed by atoms with Crippen LogP contribution in [0.4, 0.5) is 0 Å². The molecule has 328 valence electrons. The SMILES string of the molecule is NC(Cc1ccc(S(=O)(=O)[O-])cc1)C(=O)NC(Cc1ccc(S(=O)(=O)O)cc1)C(=O)NC(Cc1ccc(S(=O)(=O)O)cc1)C(=O)NC(Cc1ccc(S(=O)(=O)O)cc1)C(=O)O.[Na+]. The summed E-state index contributed by atoms with van der Waals surface area (Å²) in [6.07, 6.45) is -1.51. The fourth-order valence-electron chi connectivity index (χ4n) is 5.68. The summed E-state index contributed by atoms with van der Waals surface area (Å²) < 4.78 is 131. The Hall–Kier alpha value is -4.64. The maximum atomic E-state index is 14.1. The molecule has 4 unspecified atom stereocenters. The molecule has 0 saturated carbocycles. The van der Waals surface area contributed by atoms with Gasteiger partial charge in [-0.1, -0.05) is 48.5 Å². The van der Waals surface area contributed by atoms with Crippen molar-refractivity contribution in [1.82, 2.24) is 16.0 Å². The normalized spacial score (nSPS) is 14.0. The minimum absolute atomic E-state index is 0. The molecule has 3 amide bonds. The van der Waals surface area contributed by atoms with E-state index in [4.69, 9.17) is 5.73 Å². The van der Waals surface area contributed by atoms with Crippen molar-refractivity contribution >= 4 is 64.2 Å². The van der Waals surface area contributed by atoms with Gasteiger partial charge in [-0.25, -0.2) is 13.2 Å². The summed E-state index contributed by atoms with van der Waals surface area (Å²) in [6, 6.07) is 11.3. The molecule has 0 aliphatic carbocycles. The fourth-order valence-corrected chi connectivity index (χ4v) is 7.59. The second-order valence-electron chi connectivity index (χ2n) is 13.4. The van der Waals surface area contributed by atoms with Crippen molar-refractivity contribution in [2.24, 2.45) is 5.73 Å². The van der Waals surface area contributed by atoms with Gasteiger partial charge in [0.05, 0.1) is 25.6 Å². The van der Waals surface area contributed by atoms with Gasteiger partial charge in [0.2, 0.25) is 17.7 Å². The average molecular weight is 949 g/mol. The maximum absolute atomic E-state index is 14.1. The summed E-state index contributed by atoms with van der Waals surface area (Å²) in [5, 5.41) is 17.1. The maximum Gasteiger partial charge on any atom is 1.00 e. The van der Waals surface area contributed by atoms with Crippen LogP contribution in [0.25, 0.3) is 0 Å². The Morgan fingerprint density at radius 3 is 1.02 bits per heavy atom. The summed E-state index contributed by atoms with van der Waals surface area (Å²) in [7, 11) is -18.6. The molecule has 0 fully saturated rings. The zero-order chi connectivity index (χ0) is 45.5. The van der Waals surface area contributed by atoms with Crippen molar-refractivity contribution in [2.75, 3.05) is 0 Å². The fraction of sp³-hybridized carbons (Fsp3) is 0.222. The van der Waals surface area contributed by atoms with Gasteiger partial charge in [0.25, 0.3) is 30.4 Å². The van der Waals surface area contributed by atoms with E-state index in [1.807, 2.05) is 0 Å². The first-order valence-electron chi connectivity index (χ1n) is 17.3. The third kappa shape index (κ3) is 15.3. The topological polar surface area (TPSA) is 371 Å². The van der Waals surface area contributed by atoms with Gasteiger partial charge in [-0.15, -0.1) is 0 Å². The zero-order valence-electron chi connectivity index (χ0n) is 32.2. The van der Waals surface area contributed by atoms with Crippen LogP contribution in [0, 0.1) is 0 Å². The number of carbonyl (C=O) groups is 4. The number of rotatable bonds is 19. The second kappa shape index (κ2) is 21.2. The van der Waals surface area contributed by atoms with Crippen molar-refractivity contribution in [3.8, 4) is 0 Å². The first-order chi connectivity index (χ1) is 28.2. The molecule has 26 heteroatoms. The number of hydrogen-bond donors (Lipinski definition) is 8. The Bertz CT molecular complexity index is 2720. The van der Waals surface area contributed by atoms with Crippen molar-refractivity contribution in [3.63, 3.8) is 0 Å².